The molecule has 1 aliphatic heterocycles. The third-order valence-electron chi connectivity index (χ3n) is 4.27. The van der Waals surface area contributed by atoms with Crippen LogP contribution in [0.5, 0.6) is 11.5 Å². The number of ether oxygens (including phenoxy) is 1. The highest BCUT2D eigenvalue weighted by atomic mass is 16.5. The molecule has 0 amide bonds. The summed E-state index contributed by atoms with van der Waals surface area (Å²) in [5, 5.41) is 16.6. The number of hydrogen-bond acceptors (Lipinski definition) is 5. The average molecular weight is 339 g/mol. The Hall–Kier alpha value is -2.53. The molecule has 0 aromatic heterocycles. The standard InChI is InChI=1S/C20H25N3O2/c1-2-25-19-9-8-18(20(24)14-19)15-21-23-12-10-22(11-13-23)16-17-6-4-3-5-7-17/h3-9,14-15,24H,2,10-13,16H2,1H3. The molecule has 5 heteroatoms. The average Bonchev–Trinajstić information content (AvgIpc) is 2.63. The highest BCUT2D eigenvalue weighted by Gasteiger charge is 2.15. The van der Waals surface area contributed by atoms with Gasteiger partial charge in [-0.3, -0.25) is 9.91 Å². The lowest BCUT2D eigenvalue weighted by molar-refractivity contribution is 0.131. The number of aromatic hydroxyl groups is 1. The van der Waals surface area contributed by atoms with Gasteiger partial charge in [-0.25, -0.2) is 0 Å². The summed E-state index contributed by atoms with van der Waals surface area (Å²) in [6, 6.07) is 15.9. The van der Waals surface area contributed by atoms with Crippen LogP contribution in [0.25, 0.3) is 0 Å². The van der Waals surface area contributed by atoms with Gasteiger partial charge in [0.15, 0.2) is 0 Å². The van der Waals surface area contributed by atoms with Crippen LogP contribution in [0.4, 0.5) is 0 Å². The zero-order valence-corrected chi connectivity index (χ0v) is 14.6. The minimum absolute atomic E-state index is 0.192. The molecule has 2 aromatic rings. The monoisotopic (exact) mass is 339 g/mol. The van der Waals surface area contributed by atoms with Gasteiger partial charge in [-0.05, 0) is 24.6 Å². The number of hydrazone groups is 1. The number of nitrogens with zero attached hydrogens (tertiary/aromatic N) is 3. The molecular weight excluding hydrogens is 314 g/mol. The van der Waals surface area contributed by atoms with E-state index < -0.39 is 0 Å². The van der Waals surface area contributed by atoms with Crippen molar-refractivity contribution in [2.45, 2.75) is 13.5 Å². The predicted octanol–water partition coefficient (Wildman–Crippen LogP) is 2.94. The molecule has 0 atom stereocenters. The van der Waals surface area contributed by atoms with Gasteiger partial charge < -0.3 is 9.84 Å². The molecule has 1 fully saturated rings. The van der Waals surface area contributed by atoms with Crippen LogP contribution in [0.15, 0.2) is 53.6 Å². The maximum Gasteiger partial charge on any atom is 0.128 e. The Morgan fingerprint density at radius 2 is 1.84 bits per heavy atom. The van der Waals surface area contributed by atoms with E-state index in [1.165, 1.54) is 5.56 Å². The first-order valence-corrected chi connectivity index (χ1v) is 8.75. The summed E-state index contributed by atoms with van der Waals surface area (Å²) in [6.07, 6.45) is 1.72. The molecule has 0 radical (unpaired) electrons. The zero-order valence-electron chi connectivity index (χ0n) is 14.6. The number of rotatable bonds is 6. The molecule has 1 saturated heterocycles. The van der Waals surface area contributed by atoms with Crippen molar-refractivity contribution in [2.75, 3.05) is 32.8 Å². The van der Waals surface area contributed by atoms with E-state index in [1.807, 2.05) is 25.1 Å². The molecule has 0 saturated carbocycles. The van der Waals surface area contributed by atoms with Gasteiger partial charge in [0, 0.05) is 44.4 Å². The van der Waals surface area contributed by atoms with E-state index in [9.17, 15) is 5.11 Å². The molecule has 5 nitrogen and oxygen atoms in total. The summed E-state index contributed by atoms with van der Waals surface area (Å²) in [5.41, 5.74) is 2.05. The van der Waals surface area contributed by atoms with E-state index in [-0.39, 0.29) is 5.75 Å². The summed E-state index contributed by atoms with van der Waals surface area (Å²) < 4.78 is 5.38. The molecule has 0 unspecified atom stereocenters. The normalized spacial score (nSPS) is 15.6. The van der Waals surface area contributed by atoms with Crippen molar-refractivity contribution in [1.82, 2.24) is 9.91 Å². The topological polar surface area (TPSA) is 48.3 Å². The summed E-state index contributed by atoms with van der Waals surface area (Å²) in [5.74, 6) is 0.865. The Kier molecular flexibility index (Phi) is 5.90. The van der Waals surface area contributed by atoms with E-state index >= 15 is 0 Å². The van der Waals surface area contributed by atoms with Gasteiger partial charge in [-0.15, -0.1) is 0 Å². The van der Waals surface area contributed by atoms with Crippen LogP contribution in [0, 0.1) is 0 Å². The minimum atomic E-state index is 0.192. The smallest absolute Gasteiger partial charge is 0.128 e. The summed E-state index contributed by atoms with van der Waals surface area (Å²) in [7, 11) is 0. The van der Waals surface area contributed by atoms with Crippen molar-refractivity contribution in [1.29, 1.82) is 0 Å². The molecule has 1 N–H and O–H groups in total. The number of phenols is 1. The second-order valence-electron chi connectivity index (χ2n) is 6.11. The van der Waals surface area contributed by atoms with Crippen LogP contribution in [-0.4, -0.2) is 54.0 Å². The lowest BCUT2D eigenvalue weighted by Crippen LogP contribution is -2.43. The van der Waals surface area contributed by atoms with Crippen LogP contribution in [0.1, 0.15) is 18.1 Å². The largest absolute Gasteiger partial charge is 0.507 e. The number of phenolic OH excluding ortho intramolecular Hbond substituents is 1. The van der Waals surface area contributed by atoms with E-state index in [0.29, 0.717) is 17.9 Å². The highest BCUT2D eigenvalue weighted by Crippen LogP contribution is 2.22. The van der Waals surface area contributed by atoms with Crippen LogP contribution < -0.4 is 4.74 Å². The fourth-order valence-corrected chi connectivity index (χ4v) is 2.89. The van der Waals surface area contributed by atoms with Gasteiger partial charge in [0.1, 0.15) is 11.5 Å². The molecule has 1 heterocycles. The summed E-state index contributed by atoms with van der Waals surface area (Å²) >= 11 is 0. The number of hydrogen-bond donors (Lipinski definition) is 1. The predicted molar refractivity (Wildman–Crippen MR) is 100 cm³/mol. The lowest BCUT2D eigenvalue weighted by atomic mass is 10.2. The van der Waals surface area contributed by atoms with E-state index in [4.69, 9.17) is 4.74 Å². The summed E-state index contributed by atoms with van der Waals surface area (Å²) in [4.78, 5) is 2.44. The Bertz CT molecular complexity index is 695. The molecule has 0 bridgehead atoms. The van der Waals surface area contributed by atoms with Crippen molar-refractivity contribution in [2.24, 2.45) is 5.10 Å². The SMILES string of the molecule is CCOc1ccc(C=NN2CCN(Cc3ccccc3)CC2)c(O)c1. The molecule has 3 rings (SSSR count). The molecule has 0 aliphatic carbocycles. The van der Waals surface area contributed by atoms with Crippen LogP contribution in [0.2, 0.25) is 0 Å². The van der Waals surface area contributed by atoms with Gasteiger partial charge in [-0.2, -0.15) is 5.10 Å². The van der Waals surface area contributed by atoms with E-state index in [2.05, 4.69) is 39.3 Å². The molecule has 2 aromatic carbocycles. The van der Waals surface area contributed by atoms with Gasteiger partial charge in [0.2, 0.25) is 0 Å². The Balaban J connectivity index is 1.51. The van der Waals surface area contributed by atoms with Crippen molar-refractivity contribution in [3.63, 3.8) is 0 Å². The van der Waals surface area contributed by atoms with Crippen molar-refractivity contribution in [3.8, 4) is 11.5 Å². The van der Waals surface area contributed by atoms with E-state index in [1.54, 1.807) is 12.3 Å². The number of piperazine rings is 1. The highest BCUT2D eigenvalue weighted by molar-refractivity contribution is 5.83. The fraction of sp³-hybridized carbons (Fsp3) is 0.350. The van der Waals surface area contributed by atoms with Gasteiger partial charge in [0.05, 0.1) is 12.8 Å². The Morgan fingerprint density at radius 1 is 1.08 bits per heavy atom. The Morgan fingerprint density at radius 3 is 2.52 bits per heavy atom. The van der Waals surface area contributed by atoms with Gasteiger partial charge in [0.25, 0.3) is 0 Å². The van der Waals surface area contributed by atoms with Crippen LogP contribution in [-0.2, 0) is 6.54 Å². The first kappa shape index (κ1) is 17.3. The first-order valence-electron chi connectivity index (χ1n) is 8.75. The fourth-order valence-electron chi connectivity index (χ4n) is 2.89. The molecule has 0 spiro atoms. The maximum absolute atomic E-state index is 10.1. The minimum Gasteiger partial charge on any atom is -0.507 e. The lowest BCUT2D eigenvalue weighted by Gasteiger charge is -2.33. The third kappa shape index (κ3) is 4.97. The number of benzene rings is 2. The Labute approximate surface area is 149 Å². The van der Waals surface area contributed by atoms with Crippen LogP contribution >= 0.6 is 0 Å². The van der Waals surface area contributed by atoms with E-state index in [0.717, 1.165) is 32.7 Å². The molecular formula is C20H25N3O2. The van der Waals surface area contributed by atoms with Crippen molar-refractivity contribution < 1.29 is 9.84 Å². The molecule has 1 aliphatic rings. The van der Waals surface area contributed by atoms with Crippen molar-refractivity contribution >= 4 is 6.21 Å². The van der Waals surface area contributed by atoms with Gasteiger partial charge >= 0.3 is 0 Å². The van der Waals surface area contributed by atoms with Crippen molar-refractivity contribution in [3.05, 3.63) is 59.7 Å². The zero-order chi connectivity index (χ0) is 17.5. The molecule has 25 heavy (non-hydrogen) atoms. The quantitative estimate of drug-likeness (QED) is 0.822. The van der Waals surface area contributed by atoms with Crippen LogP contribution in [0.3, 0.4) is 0 Å². The summed E-state index contributed by atoms with van der Waals surface area (Å²) in [6.45, 7) is 7.24. The first-order chi connectivity index (χ1) is 12.2. The van der Waals surface area contributed by atoms with Gasteiger partial charge in [-0.1, -0.05) is 30.3 Å². The third-order valence-corrected chi connectivity index (χ3v) is 4.27. The second kappa shape index (κ2) is 8.53. The maximum atomic E-state index is 10.1. The molecule has 132 valence electrons. The second-order valence-corrected chi connectivity index (χ2v) is 6.11.